The van der Waals surface area contributed by atoms with Gasteiger partial charge in [0, 0.05) is 6.42 Å². The predicted molar refractivity (Wildman–Crippen MR) is 59.5 cm³/mol. The Kier molecular flexibility index (Phi) is 4.72. The van der Waals surface area contributed by atoms with Gasteiger partial charge in [-0.25, -0.2) is 0 Å². The zero-order valence-electron chi connectivity index (χ0n) is 9.42. The Morgan fingerprint density at radius 1 is 1.40 bits per heavy atom. The number of carbonyl (C=O) groups excluding carboxylic acids is 1. The van der Waals surface area contributed by atoms with E-state index in [2.05, 4.69) is 17.4 Å². The van der Waals surface area contributed by atoms with E-state index in [1.54, 1.807) is 0 Å². The highest BCUT2D eigenvalue weighted by atomic mass is 16.3. The summed E-state index contributed by atoms with van der Waals surface area (Å²) in [5.41, 5.74) is -0.313. The molecule has 1 saturated carbocycles. The lowest BCUT2D eigenvalue weighted by atomic mass is 9.97. The van der Waals surface area contributed by atoms with E-state index >= 15 is 0 Å². The lowest BCUT2D eigenvalue weighted by Gasteiger charge is -2.27. The number of carbonyl (C=O) groups is 1. The fraction of sp³-hybridized carbons (Fsp3) is 0.909. The minimum atomic E-state index is -0.313. The summed E-state index contributed by atoms with van der Waals surface area (Å²) in [4.78, 5) is 21.9. The van der Waals surface area contributed by atoms with E-state index in [1.807, 2.05) is 0 Å². The first-order valence-corrected chi connectivity index (χ1v) is 5.82. The molecule has 1 amide bonds. The van der Waals surface area contributed by atoms with Crippen LogP contribution in [-0.2, 0) is 4.79 Å². The Bertz CT molecular complexity index is 223. The molecule has 1 rings (SSSR count). The van der Waals surface area contributed by atoms with Gasteiger partial charge in [-0.15, -0.1) is 0 Å². The highest BCUT2D eigenvalue weighted by Crippen LogP contribution is 2.30. The smallest absolute Gasteiger partial charge is 0.220 e. The third-order valence-electron chi connectivity index (χ3n) is 3.09. The highest BCUT2D eigenvalue weighted by Gasteiger charge is 2.35. The number of unbranched alkanes of at least 4 members (excludes halogenated alkanes) is 1. The zero-order valence-corrected chi connectivity index (χ0v) is 9.42. The molecule has 1 aliphatic rings. The van der Waals surface area contributed by atoms with Crippen LogP contribution in [0.1, 0.15) is 51.9 Å². The molecule has 0 spiro atoms. The Labute approximate surface area is 90.8 Å². The van der Waals surface area contributed by atoms with Gasteiger partial charge in [0.25, 0.3) is 0 Å². The van der Waals surface area contributed by atoms with Crippen molar-refractivity contribution >= 4 is 5.91 Å². The number of nitrogens with zero attached hydrogens (tertiary/aromatic N) is 1. The average Bonchev–Trinajstić information content (AvgIpc) is 2.64. The van der Waals surface area contributed by atoms with Gasteiger partial charge in [0.1, 0.15) is 6.54 Å². The maximum Gasteiger partial charge on any atom is 0.220 e. The molecule has 0 atom stereocenters. The molecular weight excluding hydrogens is 192 g/mol. The Hall–Kier alpha value is -0.930. The molecule has 4 nitrogen and oxygen atoms in total. The van der Waals surface area contributed by atoms with Crippen molar-refractivity contribution in [1.82, 2.24) is 5.32 Å². The number of nitroso groups, excluding NO2 is 1. The van der Waals surface area contributed by atoms with Crippen LogP contribution in [0.25, 0.3) is 0 Å². The molecule has 1 N–H and O–H groups in total. The Morgan fingerprint density at radius 2 is 2.07 bits per heavy atom. The normalized spacial score (nSPS) is 18.7. The molecule has 0 unspecified atom stereocenters. The van der Waals surface area contributed by atoms with Gasteiger partial charge >= 0.3 is 0 Å². The van der Waals surface area contributed by atoms with E-state index in [1.165, 1.54) is 0 Å². The van der Waals surface area contributed by atoms with Crippen molar-refractivity contribution < 1.29 is 4.79 Å². The van der Waals surface area contributed by atoms with Crippen LogP contribution in [0.15, 0.2) is 5.18 Å². The van der Waals surface area contributed by atoms with E-state index in [4.69, 9.17) is 0 Å². The largest absolute Gasteiger partial charge is 0.349 e. The van der Waals surface area contributed by atoms with Gasteiger partial charge in [-0.1, -0.05) is 31.4 Å². The second-order valence-corrected chi connectivity index (χ2v) is 4.43. The number of hydrogen-bond donors (Lipinski definition) is 1. The van der Waals surface area contributed by atoms with Crippen molar-refractivity contribution in [2.45, 2.75) is 57.4 Å². The van der Waals surface area contributed by atoms with Crippen molar-refractivity contribution in [3.63, 3.8) is 0 Å². The van der Waals surface area contributed by atoms with Gasteiger partial charge in [0.2, 0.25) is 5.91 Å². The standard InChI is InChI=1S/C11H20N2O2/c1-2-3-6-10(14)13-11(9-12-15)7-4-5-8-11/h2-9H2,1H3,(H,13,14). The fourth-order valence-corrected chi connectivity index (χ4v) is 2.19. The van der Waals surface area contributed by atoms with Crippen LogP contribution in [0.5, 0.6) is 0 Å². The maximum absolute atomic E-state index is 11.6. The Morgan fingerprint density at radius 3 is 2.60 bits per heavy atom. The van der Waals surface area contributed by atoms with Crippen LogP contribution in [0, 0.1) is 4.91 Å². The van der Waals surface area contributed by atoms with Crippen molar-refractivity contribution in [2.24, 2.45) is 5.18 Å². The minimum Gasteiger partial charge on any atom is -0.349 e. The second-order valence-electron chi connectivity index (χ2n) is 4.43. The van der Waals surface area contributed by atoms with Crippen molar-refractivity contribution in [2.75, 3.05) is 6.54 Å². The molecule has 0 bridgehead atoms. The summed E-state index contributed by atoms with van der Waals surface area (Å²) in [6, 6.07) is 0. The molecule has 1 fully saturated rings. The van der Waals surface area contributed by atoms with Gasteiger partial charge in [-0.3, -0.25) is 4.79 Å². The molecule has 0 aromatic carbocycles. The van der Waals surface area contributed by atoms with Gasteiger partial charge in [-0.05, 0) is 19.3 Å². The monoisotopic (exact) mass is 212 g/mol. The van der Waals surface area contributed by atoms with E-state index in [0.29, 0.717) is 6.42 Å². The topological polar surface area (TPSA) is 58.5 Å². The summed E-state index contributed by atoms with van der Waals surface area (Å²) in [6.07, 6.45) is 6.47. The average molecular weight is 212 g/mol. The first kappa shape index (κ1) is 12.1. The molecule has 15 heavy (non-hydrogen) atoms. The fourth-order valence-electron chi connectivity index (χ4n) is 2.19. The Balaban J connectivity index is 2.43. The number of hydrogen-bond acceptors (Lipinski definition) is 3. The van der Waals surface area contributed by atoms with Crippen LogP contribution in [0.4, 0.5) is 0 Å². The summed E-state index contributed by atoms with van der Waals surface area (Å²) in [5.74, 6) is 0.0717. The van der Waals surface area contributed by atoms with Gasteiger partial charge in [0.05, 0.1) is 5.54 Å². The SMILES string of the molecule is CCCCC(=O)NC1(CN=O)CCCC1. The molecule has 0 aromatic heterocycles. The second kappa shape index (κ2) is 5.83. The van der Waals surface area contributed by atoms with Crippen molar-refractivity contribution in [3.8, 4) is 0 Å². The molecule has 4 heteroatoms. The van der Waals surface area contributed by atoms with E-state index < -0.39 is 0 Å². The molecule has 0 saturated heterocycles. The summed E-state index contributed by atoms with van der Waals surface area (Å²) in [6.45, 7) is 2.29. The highest BCUT2D eigenvalue weighted by molar-refractivity contribution is 5.76. The molecule has 0 heterocycles. The van der Waals surface area contributed by atoms with Crippen LogP contribution >= 0.6 is 0 Å². The molecular formula is C11H20N2O2. The number of rotatable bonds is 6. The van der Waals surface area contributed by atoms with Gasteiger partial charge in [0.15, 0.2) is 0 Å². The zero-order chi connectivity index (χ0) is 11.1. The van der Waals surface area contributed by atoms with Crippen LogP contribution in [-0.4, -0.2) is 18.0 Å². The molecule has 0 radical (unpaired) electrons. The van der Waals surface area contributed by atoms with Crippen molar-refractivity contribution in [1.29, 1.82) is 0 Å². The van der Waals surface area contributed by atoms with Crippen LogP contribution < -0.4 is 5.32 Å². The van der Waals surface area contributed by atoms with Gasteiger partial charge in [-0.2, -0.15) is 4.91 Å². The van der Waals surface area contributed by atoms with E-state index in [9.17, 15) is 9.70 Å². The van der Waals surface area contributed by atoms with Crippen LogP contribution in [0.3, 0.4) is 0 Å². The van der Waals surface area contributed by atoms with Gasteiger partial charge < -0.3 is 5.32 Å². The minimum absolute atomic E-state index is 0.0717. The molecule has 1 aliphatic carbocycles. The lowest BCUT2D eigenvalue weighted by Crippen LogP contribution is -2.48. The van der Waals surface area contributed by atoms with Crippen molar-refractivity contribution in [3.05, 3.63) is 4.91 Å². The number of nitrogens with one attached hydrogen (secondary N) is 1. The lowest BCUT2D eigenvalue weighted by molar-refractivity contribution is -0.123. The van der Waals surface area contributed by atoms with E-state index in [0.717, 1.165) is 38.5 Å². The predicted octanol–water partition coefficient (Wildman–Crippen LogP) is 2.37. The summed E-state index contributed by atoms with van der Waals surface area (Å²) in [7, 11) is 0. The molecule has 86 valence electrons. The summed E-state index contributed by atoms with van der Waals surface area (Å²) < 4.78 is 0. The third kappa shape index (κ3) is 3.61. The quantitative estimate of drug-likeness (QED) is 0.687. The van der Waals surface area contributed by atoms with Crippen LogP contribution in [0.2, 0.25) is 0 Å². The first-order valence-electron chi connectivity index (χ1n) is 5.82. The maximum atomic E-state index is 11.6. The van der Waals surface area contributed by atoms with E-state index in [-0.39, 0.29) is 18.0 Å². The molecule has 0 aliphatic heterocycles. The molecule has 0 aromatic rings. The summed E-state index contributed by atoms with van der Waals surface area (Å²) in [5, 5.41) is 5.95. The first-order chi connectivity index (χ1) is 7.22. The third-order valence-corrected chi connectivity index (χ3v) is 3.09. The summed E-state index contributed by atoms with van der Waals surface area (Å²) >= 11 is 0. The number of amides is 1.